The van der Waals surface area contributed by atoms with Gasteiger partial charge in [-0.15, -0.1) is 0 Å². The molecule has 0 heteroatoms. The molecule has 0 bridgehead atoms. The second-order valence-corrected chi connectivity index (χ2v) is 6.48. The number of benzene rings is 3. The van der Waals surface area contributed by atoms with Gasteiger partial charge in [0.15, 0.2) is 0 Å². The fourth-order valence-corrected chi connectivity index (χ4v) is 3.85. The van der Waals surface area contributed by atoms with Gasteiger partial charge in [-0.2, -0.15) is 0 Å². The third kappa shape index (κ3) is 2.64. The molecule has 0 radical (unpaired) electrons. The molecule has 0 spiro atoms. The van der Waals surface area contributed by atoms with E-state index < -0.39 is 0 Å². The quantitative estimate of drug-likeness (QED) is 0.348. The van der Waals surface area contributed by atoms with Crippen LogP contribution in [0.2, 0.25) is 0 Å². The molecule has 4 rings (SSSR count). The van der Waals surface area contributed by atoms with Crippen molar-refractivity contribution in [1.29, 1.82) is 0 Å². The van der Waals surface area contributed by atoms with Gasteiger partial charge in [0.05, 0.1) is 0 Å². The van der Waals surface area contributed by atoms with Gasteiger partial charge in [0.2, 0.25) is 0 Å². The lowest BCUT2D eigenvalue weighted by atomic mass is 9.87. The first-order valence-corrected chi connectivity index (χ1v) is 9.17. The zero-order valence-corrected chi connectivity index (χ0v) is 15.1. The molecule has 1 aliphatic rings. The van der Waals surface area contributed by atoms with Crippen LogP contribution in [0.25, 0.3) is 22.3 Å². The van der Waals surface area contributed by atoms with E-state index in [-0.39, 0.29) is 0 Å². The summed E-state index contributed by atoms with van der Waals surface area (Å²) < 4.78 is 0. The average molecular weight is 334 g/mol. The largest absolute Gasteiger partial charge is 0.0985 e. The second-order valence-electron chi connectivity index (χ2n) is 6.48. The van der Waals surface area contributed by atoms with Crippen LogP contribution in [0, 0.1) is 0 Å². The number of fused-ring (bicyclic) bond motifs is 3. The fourth-order valence-electron chi connectivity index (χ4n) is 3.85. The molecule has 0 aromatic heterocycles. The van der Waals surface area contributed by atoms with Crippen LogP contribution >= 0.6 is 0 Å². The summed E-state index contributed by atoms with van der Waals surface area (Å²) in [5, 5.41) is 0. The van der Waals surface area contributed by atoms with Crippen molar-refractivity contribution >= 4 is 11.1 Å². The van der Waals surface area contributed by atoms with Crippen LogP contribution in [-0.4, -0.2) is 0 Å². The van der Waals surface area contributed by atoms with E-state index in [4.69, 9.17) is 0 Å². The van der Waals surface area contributed by atoms with Gasteiger partial charge in [-0.25, -0.2) is 0 Å². The van der Waals surface area contributed by atoms with Gasteiger partial charge >= 0.3 is 0 Å². The molecule has 0 aliphatic heterocycles. The van der Waals surface area contributed by atoms with Crippen molar-refractivity contribution in [2.45, 2.75) is 13.3 Å². The number of allylic oxidation sites excluding steroid dienone is 4. The summed E-state index contributed by atoms with van der Waals surface area (Å²) in [7, 11) is 0. The predicted molar refractivity (Wildman–Crippen MR) is 113 cm³/mol. The van der Waals surface area contributed by atoms with E-state index in [0.29, 0.717) is 0 Å². The first-order valence-electron chi connectivity index (χ1n) is 9.17. The highest BCUT2D eigenvalue weighted by Gasteiger charge is 2.26. The van der Waals surface area contributed by atoms with E-state index in [2.05, 4.69) is 98.4 Å². The summed E-state index contributed by atoms with van der Waals surface area (Å²) in [6.45, 7) is 6.28. The Morgan fingerprint density at radius 3 is 1.73 bits per heavy atom. The number of hydrogen-bond donors (Lipinski definition) is 0. The van der Waals surface area contributed by atoms with Crippen molar-refractivity contribution in [2.24, 2.45) is 0 Å². The summed E-state index contributed by atoms with van der Waals surface area (Å²) in [4.78, 5) is 0. The lowest BCUT2D eigenvalue weighted by Gasteiger charge is -2.16. The molecule has 3 aromatic carbocycles. The molecule has 3 aromatic rings. The molecule has 0 unspecified atom stereocenters. The Bertz CT molecular complexity index is 969. The van der Waals surface area contributed by atoms with Crippen molar-refractivity contribution in [3.05, 3.63) is 120 Å². The molecule has 0 saturated heterocycles. The zero-order valence-electron chi connectivity index (χ0n) is 15.1. The topological polar surface area (TPSA) is 0 Å². The summed E-state index contributed by atoms with van der Waals surface area (Å²) in [5.41, 5.74) is 10.2. The van der Waals surface area contributed by atoms with Gasteiger partial charge in [0.25, 0.3) is 0 Å². The number of hydrogen-bond acceptors (Lipinski definition) is 0. The van der Waals surface area contributed by atoms with Gasteiger partial charge in [-0.05, 0) is 51.0 Å². The third-order valence-corrected chi connectivity index (χ3v) is 4.93. The lowest BCUT2D eigenvalue weighted by molar-refractivity contribution is 1.21. The molecule has 0 fully saturated rings. The van der Waals surface area contributed by atoms with E-state index in [1.165, 1.54) is 44.5 Å². The van der Waals surface area contributed by atoms with E-state index >= 15 is 0 Å². The van der Waals surface area contributed by atoms with Crippen LogP contribution in [0.1, 0.15) is 30.0 Å². The molecular formula is C26H22. The van der Waals surface area contributed by atoms with Crippen LogP contribution in [0.15, 0.2) is 103 Å². The van der Waals surface area contributed by atoms with Gasteiger partial charge in [0.1, 0.15) is 0 Å². The number of rotatable bonds is 4. The molecule has 1 aliphatic carbocycles. The minimum absolute atomic E-state index is 0.980. The minimum atomic E-state index is 0.980. The molecular weight excluding hydrogens is 312 g/mol. The van der Waals surface area contributed by atoms with Gasteiger partial charge < -0.3 is 0 Å². The Kier molecular flexibility index (Phi) is 4.41. The maximum Gasteiger partial charge on any atom is -0.00145 e. The molecule has 0 nitrogen and oxygen atoms in total. The molecule has 126 valence electrons. The van der Waals surface area contributed by atoms with Crippen LogP contribution < -0.4 is 0 Å². The van der Waals surface area contributed by atoms with Crippen molar-refractivity contribution in [3.63, 3.8) is 0 Å². The highest BCUT2D eigenvalue weighted by atomic mass is 14.3. The Hall–Kier alpha value is -3.12. The zero-order chi connectivity index (χ0) is 17.9. The average Bonchev–Trinajstić information content (AvgIpc) is 3.03. The second kappa shape index (κ2) is 7.01. The summed E-state index contributed by atoms with van der Waals surface area (Å²) >= 11 is 0. The molecule has 0 N–H and O–H groups in total. The van der Waals surface area contributed by atoms with E-state index in [1.54, 1.807) is 0 Å². The van der Waals surface area contributed by atoms with Crippen molar-refractivity contribution in [1.82, 2.24) is 0 Å². The molecule has 0 saturated carbocycles. The molecule has 26 heavy (non-hydrogen) atoms. The van der Waals surface area contributed by atoms with Crippen molar-refractivity contribution < 1.29 is 0 Å². The van der Waals surface area contributed by atoms with Crippen LogP contribution in [0.5, 0.6) is 0 Å². The predicted octanol–water partition coefficient (Wildman–Crippen LogP) is 7.15. The maximum absolute atomic E-state index is 4.11. The third-order valence-electron chi connectivity index (χ3n) is 4.93. The summed E-state index contributed by atoms with van der Waals surface area (Å²) in [5.74, 6) is 0. The first-order chi connectivity index (χ1) is 12.8. The Morgan fingerprint density at radius 2 is 1.23 bits per heavy atom. The normalized spacial score (nSPS) is 12.5. The standard InChI is InChI=1S/C26H22/c1-3-12-19(4-2)25(20-13-6-5-7-14-20)26-23-17-10-8-15-21(23)22-16-9-11-18-24(22)26/h4-18H,2-3H2,1H3/b19-12+. The SMILES string of the molecule is C=C/C(=C\CC)C(=C1c2ccccc2-c2ccccc21)c1ccccc1. The highest BCUT2D eigenvalue weighted by molar-refractivity contribution is 6.13. The maximum atomic E-state index is 4.11. The van der Waals surface area contributed by atoms with E-state index in [1.807, 2.05) is 6.08 Å². The van der Waals surface area contributed by atoms with Crippen LogP contribution in [0.4, 0.5) is 0 Å². The van der Waals surface area contributed by atoms with Gasteiger partial charge in [-0.1, -0.05) is 105 Å². The lowest BCUT2D eigenvalue weighted by Crippen LogP contribution is -1.94. The van der Waals surface area contributed by atoms with E-state index in [0.717, 1.165) is 6.42 Å². The summed E-state index contributed by atoms with van der Waals surface area (Å²) in [6.07, 6.45) is 5.24. The van der Waals surface area contributed by atoms with Crippen molar-refractivity contribution in [2.75, 3.05) is 0 Å². The van der Waals surface area contributed by atoms with E-state index in [9.17, 15) is 0 Å². The van der Waals surface area contributed by atoms with Crippen LogP contribution in [-0.2, 0) is 0 Å². The van der Waals surface area contributed by atoms with Gasteiger partial charge in [-0.3, -0.25) is 0 Å². The van der Waals surface area contributed by atoms with Crippen LogP contribution in [0.3, 0.4) is 0 Å². The molecule has 0 atom stereocenters. The highest BCUT2D eigenvalue weighted by Crippen LogP contribution is 2.48. The summed E-state index contributed by atoms with van der Waals surface area (Å²) in [6, 6.07) is 28.1. The molecule has 0 amide bonds. The Balaban J connectivity index is 2.14. The smallest absolute Gasteiger partial charge is 0.00145 e. The minimum Gasteiger partial charge on any atom is -0.0985 e. The Labute approximate surface area is 155 Å². The monoisotopic (exact) mass is 334 g/mol. The van der Waals surface area contributed by atoms with Crippen molar-refractivity contribution in [3.8, 4) is 11.1 Å². The first kappa shape index (κ1) is 16.4. The molecule has 0 heterocycles. The fraction of sp³-hybridized carbons (Fsp3) is 0.0769. The van der Waals surface area contributed by atoms with Gasteiger partial charge in [0, 0.05) is 0 Å². The Morgan fingerprint density at radius 1 is 0.731 bits per heavy atom.